The highest BCUT2D eigenvalue weighted by Crippen LogP contribution is 2.28. The second kappa shape index (κ2) is 4.91. The number of aromatic nitrogens is 3. The molecule has 92 valence electrons. The largest absolute Gasteiger partial charge is 0.361 e. The maximum atomic E-state index is 5.93. The Kier molecular flexibility index (Phi) is 3.12. The lowest BCUT2D eigenvalue weighted by molar-refractivity contribution is 0.410. The van der Waals surface area contributed by atoms with E-state index >= 15 is 0 Å². The molecule has 0 atom stereocenters. The Bertz CT molecular complexity index is 652. The van der Waals surface area contributed by atoms with Crippen molar-refractivity contribution in [2.45, 2.75) is 6.42 Å². The fourth-order valence-corrected chi connectivity index (χ4v) is 2.73. The lowest BCUT2D eigenvalue weighted by atomic mass is 10.3. The minimum atomic E-state index is 0.687. The average Bonchev–Trinajstić information content (AvgIpc) is 2.97. The fourth-order valence-electron chi connectivity index (χ4n) is 1.56. The van der Waals surface area contributed by atoms with Crippen LogP contribution in [0.5, 0.6) is 0 Å². The molecule has 0 fully saturated rings. The van der Waals surface area contributed by atoms with Gasteiger partial charge < -0.3 is 9.84 Å². The molecule has 1 N–H and O–H groups in total. The highest BCUT2D eigenvalue weighted by molar-refractivity contribution is 7.22. The van der Waals surface area contributed by atoms with Gasteiger partial charge in [0.1, 0.15) is 0 Å². The number of nitrogens with one attached hydrogen (secondary N) is 1. The predicted octanol–water partition coefficient (Wildman–Crippen LogP) is 2.99. The number of anilines is 1. The molecule has 0 aliphatic rings. The zero-order valence-electron chi connectivity index (χ0n) is 9.26. The van der Waals surface area contributed by atoms with Crippen molar-refractivity contribution in [1.82, 2.24) is 15.1 Å². The van der Waals surface area contributed by atoms with E-state index < -0.39 is 0 Å². The molecule has 0 aliphatic heterocycles. The average molecular weight is 281 g/mol. The summed E-state index contributed by atoms with van der Waals surface area (Å²) < 4.78 is 5.74. The number of nitrogens with zero attached hydrogens (tertiary/aromatic N) is 3. The van der Waals surface area contributed by atoms with Gasteiger partial charge in [-0.3, -0.25) is 0 Å². The first kappa shape index (κ1) is 11.4. The first-order valence-corrected chi connectivity index (χ1v) is 6.56. The molecule has 2 aromatic heterocycles. The van der Waals surface area contributed by atoms with Crippen molar-refractivity contribution >= 4 is 38.3 Å². The zero-order chi connectivity index (χ0) is 12.4. The van der Waals surface area contributed by atoms with Crippen LogP contribution in [0.2, 0.25) is 5.02 Å². The molecule has 18 heavy (non-hydrogen) atoms. The molecule has 0 saturated heterocycles. The van der Waals surface area contributed by atoms with E-state index in [0.717, 1.165) is 20.4 Å². The van der Waals surface area contributed by atoms with E-state index in [4.69, 9.17) is 11.6 Å². The van der Waals surface area contributed by atoms with Gasteiger partial charge in [0.05, 0.1) is 10.2 Å². The van der Waals surface area contributed by atoms with Crippen molar-refractivity contribution in [1.29, 1.82) is 0 Å². The minimum Gasteiger partial charge on any atom is -0.361 e. The topological polar surface area (TPSA) is 63.8 Å². The fraction of sp³-hybridized carbons (Fsp3) is 0.182. The Balaban J connectivity index is 1.67. The van der Waals surface area contributed by atoms with Gasteiger partial charge in [-0.1, -0.05) is 28.1 Å². The van der Waals surface area contributed by atoms with Crippen molar-refractivity contribution < 1.29 is 4.52 Å². The smallest absolute Gasteiger partial charge is 0.213 e. The second-order valence-electron chi connectivity index (χ2n) is 3.66. The number of hydrogen-bond donors (Lipinski definition) is 1. The van der Waals surface area contributed by atoms with E-state index in [-0.39, 0.29) is 0 Å². The molecule has 5 nitrogen and oxygen atoms in total. The summed E-state index contributed by atoms with van der Waals surface area (Å²) >= 11 is 7.51. The Morgan fingerprint density at radius 1 is 1.39 bits per heavy atom. The van der Waals surface area contributed by atoms with Crippen LogP contribution >= 0.6 is 22.9 Å². The number of halogens is 1. The molecule has 0 aliphatic carbocycles. The first-order chi connectivity index (χ1) is 8.81. The summed E-state index contributed by atoms with van der Waals surface area (Å²) in [5.41, 5.74) is 0.950. The second-order valence-corrected chi connectivity index (χ2v) is 5.12. The van der Waals surface area contributed by atoms with Crippen molar-refractivity contribution in [3.8, 4) is 0 Å². The summed E-state index contributed by atoms with van der Waals surface area (Å²) in [6.07, 6.45) is 2.03. The van der Waals surface area contributed by atoms with Crippen LogP contribution in [0.25, 0.3) is 10.2 Å². The Labute approximate surface area is 112 Å². The molecule has 0 saturated carbocycles. The standard InChI is InChI=1S/C11H9ClN4OS/c12-7-1-2-8-9(5-7)18-11(15-8)13-4-3-10-14-6-17-16-10/h1-2,5-6H,3-4H2,(H,13,15). The molecular weight excluding hydrogens is 272 g/mol. The van der Waals surface area contributed by atoms with Crippen LogP contribution in [0.4, 0.5) is 5.13 Å². The minimum absolute atomic E-state index is 0.687. The van der Waals surface area contributed by atoms with E-state index in [0.29, 0.717) is 18.8 Å². The molecule has 3 aromatic rings. The third-order valence-corrected chi connectivity index (χ3v) is 3.59. The number of fused-ring (bicyclic) bond motifs is 1. The van der Waals surface area contributed by atoms with Crippen molar-refractivity contribution in [3.05, 3.63) is 35.4 Å². The molecule has 3 rings (SSSR count). The van der Waals surface area contributed by atoms with Gasteiger partial charge in [0.25, 0.3) is 0 Å². The molecule has 1 aromatic carbocycles. The van der Waals surface area contributed by atoms with Gasteiger partial charge in [0.2, 0.25) is 6.39 Å². The SMILES string of the molecule is Clc1ccc2nc(NCCc3ncon3)sc2c1. The third-order valence-electron chi connectivity index (χ3n) is 2.38. The quantitative estimate of drug-likeness (QED) is 0.796. The lowest BCUT2D eigenvalue weighted by Crippen LogP contribution is -2.05. The molecule has 0 spiro atoms. The molecule has 7 heteroatoms. The molecule has 0 amide bonds. The van der Waals surface area contributed by atoms with Crippen LogP contribution in [0, 0.1) is 0 Å². The van der Waals surface area contributed by atoms with Crippen LogP contribution in [-0.2, 0) is 6.42 Å². The van der Waals surface area contributed by atoms with Gasteiger partial charge in [-0.05, 0) is 18.2 Å². The summed E-state index contributed by atoms with van der Waals surface area (Å²) in [5.74, 6) is 0.687. The third kappa shape index (κ3) is 2.44. The molecule has 0 bridgehead atoms. The molecular formula is C11H9ClN4OS. The number of thiazole rings is 1. The predicted molar refractivity (Wildman–Crippen MR) is 71.1 cm³/mol. The van der Waals surface area contributed by atoms with Crippen LogP contribution in [0.3, 0.4) is 0 Å². The maximum Gasteiger partial charge on any atom is 0.213 e. The van der Waals surface area contributed by atoms with E-state index in [9.17, 15) is 0 Å². The van der Waals surface area contributed by atoms with Gasteiger partial charge in [0, 0.05) is 18.0 Å². The van der Waals surface area contributed by atoms with E-state index in [2.05, 4.69) is 25.0 Å². The molecule has 0 unspecified atom stereocenters. The van der Waals surface area contributed by atoms with Gasteiger partial charge in [0.15, 0.2) is 11.0 Å². The van der Waals surface area contributed by atoms with E-state index in [1.807, 2.05) is 18.2 Å². The zero-order valence-corrected chi connectivity index (χ0v) is 10.8. The summed E-state index contributed by atoms with van der Waals surface area (Å²) in [7, 11) is 0. The van der Waals surface area contributed by atoms with Crippen LogP contribution < -0.4 is 5.32 Å². The molecule has 0 radical (unpaired) electrons. The van der Waals surface area contributed by atoms with Crippen LogP contribution in [0.15, 0.2) is 29.1 Å². The van der Waals surface area contributed by atoms with Gasteiger partial charge >= 0.3 is 0 Å². The lowest BCUT2D eigenvalue weighted by Gasteiger charge is -1.97. The van der Waals surface area contributed by atoms with Crippen LogP contribution in [0.1, 0.15) is 5.82 Å². The van der Waals surface area contributed by atoms with Gasteiger partial charge in [-0.2, -0.15) is 4.98 Å². The summed E-state index contributed by atoms with van der Waals surface area (Å²) in [5, 5.41) is 8.57. The van der Waals surface area contributed by atoms with Crippen LogP contribution in [-0.4, -0.2) is 21.7 Å². The van der Waals surface area contributed by atoms with Crippen molar-refractivity contribution in [3.63, 3.8) is 0 Å². The maximum absolute atomic E-state index is 5.93. The summed E-state index contributed by atoms with van der Waals surface area (Å²) in [4.78, 5) is 8.41. The highest BCUT2D eigenvalue weighted by atomic mass is 35.5. The number of rotatable bonds is 4. The summed E-state index contributed by atoms with van der Waals surface area (Å²) in [6, 6.07) is 5.67. The molecule has 2 heterocycles. The highest BCUT2D eigenvalue weighted by Gasteiger charge is 2.04. The Morgan fingerprint density at radius 2 is 2.33 bits per heavy atom. The normalized spacial score (nSPS) is 10.9. The number of hydrogen-bond acceptors (Lipinski definition) is 6. The monoisotopic (exact) mass is 280 g/mol. The Hall–Kier alpha value is -1.66. The summed E-state index contributed by atoms with van der Waals surface area (Å²) in [6.45, 7) is 0.715. The van der Waals surface area contributed by atoms with Gasteiger partial charge in [-0.15, -0.1) is 0 Å². The number of benzene rings is 1. The first-order valence-electron chi connectivity index (χ1n) is 5.36. The van der Waals surface area contributed by atoms with E-state index in [1.54, 1.807) is 11.3 Å². The van der Waals surface area contributed by atoms with E-state index in [1.165, 1.54) is 6.39 Å². The Morgan fingerprint density at radius 3 is 3.17 bits per heavy atom. The van der Waals surface area contributed by atoms with Gasteiger partial charge in [-0.25, -0.2) is 4.98 Å². The van der Waals surface area contributed by atoms with Crippen molar-refractivity contribution in [2.75, 3.05) is 11.9 Å². The van der Waals surface area contributed by atoms with Crippen molar-refractivity contribution in [2.24, 2.45) is 0 Å².